The molecular formula is C6H5N5OS. The average molecular weight is 195 g/mol. The minimum Gasteiger partial charge on any atom is -0.320 e. The first-order valence-electron chi connectivity index (χ1n) is 3.44. The molecule has 0 aliphatic heterocycles. The summed E-state index contributed by atoms with van der Waals surface area (Å²) < 4.78 is 0. The number of anilines is 1. The van der Waals surface area contributed by atoms with Crippen LogP contribution in [0.5, 0.6) is 0 Å². The molecule has 0 saturated heterocycles. The molecule has 0 fully saturated rings. The summed E-state index contributed by atoms with van der Waals surface area (Å²) >= 11 is 1.39. The lowest BCUT2D eigenvalue weighted by molar-refractivity contribution is -0.105. The van der Waals surface area contributed by atoms with E-state index in [4.69, 9.17) is 0 Å². The summed E-state index contributed by atoms with van der Waals surface area (Å²) in [5.41, 5.74) is 0. The number of H-pyrrole nitrogens is 1. The van der Waals surface area contributed by atoms with Gasteiger partial charge in [0.25, 0.3) is 0 Å². The predicted molar refractivity (Wildman–Crippen MR) is 47.2 cm³/mol. The normalized spacial score (nSPS) is 9.85. The van der Waals surface area contributed by atoms with Crippen molar-refractivity contribution in [3.05, 3.63) is 12.1 Å². The summed E-state index contributed by atoms with van der Waals surface area (Å²) in [6.07, 6.45) is 0.631. The van der Waals surface area contributed by atoms with Crippen molar-refractivity contribution in [2.24, 2.45) is 0 Å². The number of nitrogens with zero attached hydrogens (tertiary/aromatic N) is 3. The zero-order valence-electron chi connectivity index (χ0n) is 6.39. The molecule has 7 heteroatoms. The van der Waals surface area contributed by atoms with Gasteiger partial charge in [-0.3, -0.25) is 4.79 Å². The Hall–Kier alpha value is -1.76. The highest BCUT2D eigenvalue weighted by Gasteiger charge is 2.05. The maximum Gasteiger partial charge on any atom is 0.214 e. The van der Waals surface area contributed by atoms with Gasteiger partial charge in [-0.1, -0.05) is 0 Å². The Balaban J connectivity index is 2.28. The Labute approximate surface area is 77.0 Å². The van der Waals surface area contributed by atoms with Crippen LogP contribution >= 0.6 is 11.3 Å². The summed E-state index contributed by atoms with van der Waals surface area (Å²) in [7, 11) is 0. The van der Waals surface area contributed by atoms with Crippen LogP contribution in [0.1, 0.15) is 0 Å². The molecule has 0 saturated carbocycles. The fourth-order valence-corrected chi connectivity index (χ4v) is 1.65. The van der Waals surface area contributed by atoms with E-state index in [1.165, 1.54) is 11.3 Å². The first kappa shape index (κ1) is 7.87. The fourth-order valence-electron chi connectivity index (χ4n) is 0.860. The topological polar surface area (TPSA) is 83.6 Å². The Morgan fingerprint density at radius 2 is 2.46 bits per heavy atom. The SMILES string of the molecule is O=CNc1ccc(-c2nn[nH]n2)s1. The number of hydrogen-bond donors (Lipinski definition) is 2. The third-order valence-corrected chi connectivity index (χ3v) is 2.39. The van der Waals surface area contributed by atoms with Gasteiger partial charge in [0.15, 0.2) is 0 Å². The summed E-state index contributed by atoms with van der Waals surface area (Å²) in [5, 5.41) is 16.7. The number of carbonyl (C=O) groups is 1. The fraction of sp³-hybridized carbons (Fsp3) is 0. The van der Waals surface area contributed by atoms with E-state index >= 15 is 0 Å². The van der Waals surface area contributed by atoms with Crippen molar-refractivity contribution in [1.82, 2.24) is 20.6 Å². The Bertz CT molecular complexity index is 395. The Morgan fingerprint density at radius 1 is 1.54 bits per heavy atom. The molecule has 0 unspecified atom stereocenters. The van der Waals surface area contributed by atoms with Crippen LogP contribution in [0.25, 0.3) is 10.7 Å². The Morgan fingerprint density at radius 3 is 3.15 bits per heavy atom. The molecule has 0 aliphatic rings. The van der Waals surface area contributed by atoms with Crippen LogP contribution in [0.3, 0.4) is 0 Å². The van der Waals surface area contributed by atoms with Crippen LogP contribution in [-0.4, -0.2) is 27.0 Å². The largest absolute Gasteiger partial charge is 0.320 e. The van der Waals surface area contributed by atoms with E-state index in [2.05, 4.69) is 25.9 Å². The first-order valence-corrected chi connectivity index (χ1v) is 4.25. The standard InChI is InChI=1S/C6H5N5OS/c12-3-7-5-2-1-4(13-5)6-8-10-11-9-6/h1-3H,(H,7,12)(H,8,9,10,11). The van der Waals surface area contributed by atoms with Crippen LogP contribution < -0.4 is 5.32 Å². The van der Waals surface area contributed by atoms with Crippen LogP contribution in [0.4, 0.5) is 5.00 Å². The molecular weight excluding hydrogens is 190 g/mol. The second-order valence-corrected chi connectivity index (χ2v) is 3.25. The highest BCUT2D eigenvalue weighted by Crippen LogP contribution is 2.27. The third kappa shape index (κ3) is 1.54. The average Bonchev–Trinajstić information content (AvgIpc) is 2.70. The lowest BCUT2D eigenvalue weighted by Gasteiger charge is -1.87. The summed E-state index contributed by atoms with van der Waals surface area (Å²) in [6.45, 7) is 0. The lowest BCUT2D eigenvalue weighted by atomic mass is 10.4. The van der Waals surface area contributed by atoms with Gasteiger partial charge >= 0.3 is 0 Å². The highest BCUT2D eigenvalue weighted by molar-refractivity contribution is 7.19. The van der Waals surface area contributed by atoms with Crippen molar-refractivity contribution in [1.29, 1.82) is 0 Å². The maximum absolute atomic E-state index is 10.1. The van der Waals surface area contributed by atoms with Gasteiger partial charge in [0.05, 0.1) is 9.88 Å². The van der Waals surface area contributed by atoms with Gasteiger partial charge < -0.3 is 5.32 Å². The molecule has 2 N–H and O–H groups in total. The minimum atomic E-state index is 0.531. The molecule has 6 nitrogen and oxygen atoms in total. The molecule has 2 rings (SSSR count). The molecule has 1 amide bonds. The molecule has 2 heterocycles. The molecule has 2 aromatic rings. The van der Waals surface area contributed by atoms with Gasteiger partial charge in [-0.2, -0.15) is 5.21 Å². The number of thiophene rings is 1. The molecule has 0 aliphatic carbocycles. The minimum absolute atomic E-state index is 0.531. The van der Waals surface area contributed by atoms with Gasteiger partial charge in [-0.25, -0.2) is 0 Å². The molecule has 0 radical (unpaired) electrons. The van der Waals surface area contributed by atoms with E-state index in [0.717, 1.165) is 9.88 Å². The number of hydrogen-bond acceptors (Lipinski definition) is 5. The molecule has 13 heavy (non-hydrogen) atoms. The van der Waals surface area contributed by atoms with E-state index < -0.39 is 0 Å². The van der Waals surface area contributed by atoms with Gasteiger partial charge in [0.2, 0.25) is 12.2 Å². The van der Waals surface area contributed by atoms with Gasteiger partial charge in [-0.15, -0.1) is 21.5 Å². The van der Waals surface area contributed by atoms with Gasteiger partial charge in [-0.05, 0) is 17.3 Å². The van der Waals surface area contributed by atoms with Crippen LogP contribution in [-0.2, 0) is 4.79 Å². The highest BCUT2D eigenvalue weighted by atomic mass is 32.1. The summed E-state index contributed by atoms with van der Waals surface area (Å²) in [5.74, 6) is 0.531. The van der Waals surface area contributed by atoms with Crippen molar-refractivity contribution in [3.8, 4) is 10.7 Å². The smallest absolute Gasteiger partial charge is 0.214 e. The zero-order valence-corrected chi connectivity index (χ0v) is 7.21. The predicted octanol–water partition coefficient (Wildman–Crippen LogP) is 0.496. The Kier molecular flexibility index (Phi) is 2.01. The van der Waals surface area contributed by atoms with Crippen molar-refractivity contribution in [3.63, 3.8) is 0 Å². The number of amides is 1. The zero-order chi connectivity index (χ0) is 9.10. The summed E-state index contributed by atoms with van der Waals surface area (Å²) in [4.78, 5) is 11.0. The number of aromatic nitrogens is 4. The van der Waals surface area contributed by atoms with Gasteiger partial charge in [0, 0.05) is 0 Å². The second kappa shape index (κ2) is 3.31. The molecule has 66 valence electrons. The van der Waals surface area contributed by atoms with Crippen molar-refractivity contribution in [2.45, 2.75) is 0 Å². The number of rotatable bonds is 3. The monoisotopic (exact) mass is 195 g/mol. The van der Waals surface area contributed by atoms with Crippen LogP contribution in [0.2, 0.25) is 0 Å². The van der Waals surface area contributed by atoms with E-state index in [1.54, 1.807) is 6.07 Å². The second-order valence-electron chi connectivity index (χ2n) is 2.16. The van der Waals surface area contributed by atoms with E-state index in [1.807, 2.05) is 6.07 Å². The molecule has 0 aromatic carbocycles. The molecule has 2 aromatic heterocycles. The summed E-state index contributed by atoms with van der Waals surface area (Å²) in [6, 6.07) is 3.60. The first-order chi connectivity index (χ1) is 6.40. The number of tetrazole rings is 1. The van der Waals surface area contributed by atoms with E-state index in [0.29, 0.717) is 12.2 Å². The quantitative estimate of drug-likeness (QED) is 0.698. The molecule has 0 spiro atoms. The lowest BCUT2D eigenvalue weighted by Crippen LogP contribution is -1.88. The van der Waals surface area contributed by atoms with Crippen molar-refractivity contribution in [2.75, 3.05) is 5.32 Å². The maximum atomic E-state index is 10.1. The van der Waals surface area contributed by atoms with Crippen LogP contribution in [0.15, 0.2) is 12.1 Å². The number of aromatic amines is 1. The van der Waals surface area contributed by atoms with E-state index in [-0.39, 0.29) is 0 Å². The molecule has 0 bridgehead atoms. The van der Waals surface area contributed by atoms with E-state index in [9.17, 15) is 4.79 Å². The number of nitrogens with one attached hydrogen (secondary N) is 2. The van der Waals surface area contributed by atoms with Gasteiger partial charge in [0.1, 0.15) is 0 Å². The van der Waals surface area contributed by atoms with Crippen molar-refractivity contribution >= 4 is 22.7 Å². The molecule has 0 atom stereocenters. The van der Waals surface area contributed by atoms with Crippen LogP contribution in [0, 0.1) is 0 Å². The number of carbonyl (C=O) groups excluding carboxylic acids is 1. The van der Waals surface area contributed by atoms with Crippen molar-refractivity contribution < 1.29 is 4.79 Å². The third-order valence-electron chi connectivity index (χ3n) is 1.37.